The fourth-order valence-corrected chi connectivity index (χ4v) is 2.70. The molecule has 1 N–H and O–H groups in total. The number of esters is 1. The standard InChI is InChI=1S/C19H14ClNO5/c1-10-8-11(19(24)25-2)6-7-14(10)21-18(23)16-9-15(22)12-4-3-5-13(20)17(12)26-16/h3-9H,1-2H3,(H,21,23). The monoisotopic (exact) mass is 371 g/mol. The number of ether oxygens (including phenoxy) is 1. The maximum Gasteiger partial charge on any atom is 0.337 e. The van der Waals surface area contributed by atoms with E-state index in [2.05, 4.69) is 10.1 Å². The van der Waals surface area contributed by atoms with Gasteiger partial charge < -0.3 is 14.5 Å². The van der Waals surface area contributed by atoms with Crippen LogP contribution in [0.3, 0.4) is 0 Å². The van der Waals surface area contributed by atoms with Gasteiger partial charge in [-0.05, 0) is 42.8 Å². The molecular weight excluding hydrogens is 358 g/mol. The zero-order chi connectivity index (χ0) is 18.8. The van der Waals surface area contributed by atoms with Crippen molar-refractivity contribution in [3.63, 3.8) is 0 Å². The first kappa shape index (κ1) is 17.7. The van der Waals surface area contributed by atoms with Gasteiger partial charge in [0.25, 0.3) is 5.91 Å². The number of methoxy groups -OCH3 is 1. The number of carbonyl (C=O) groups is 2. The van der Waals surface area contributed by atoms with E-state index in [9.17, 15) is 14.4 Å². The van der Waals surface area contributed by atoms with Crippen LogP contribution in [0.4, 0.5) is 5.69 Å². The van der Waals surface area contributed by atoms with Gasteiger partial charge in [0, 0.05) is 11.8 Å². The predicted octanol–water partition coefficient (Wildman–Crippen LogP) is 3.79. The fourth-order valence-electron chi connectivity index (χ4n) is 2.49. The molecule has 0 fully saturated rings. The highest BCUT2D eigenvalue weighted by molar-refractivity contribution is 6.34. The van der Waals surface area contributed by atoms with E-state index >= 15 is 0 Å². The Labute approximate surface area is 153 Å². The minimum Gasteiger partial charge on any atom is -0.465 e. The third-order valence-corrected chi connectivity index (χ3v) is 4.12. The van der Waals surface area contributed by atoms with Crippen LogP contribution in [0.1, 0.15) is 26.5 Å². The largest absolute Gasteiger partial charge is 0.465 e. The van der Waals surface area contributed by atoms with Crippen LogP contribution in [0.25, 0.3) is 11.0 Å². The summed E-state index contributed by atoms with van der Waals surface area (Å²) in [6, 6.07) is 10.6. The zero-order valence-electron chi connectivity index (χ0n) is 14.0. The van der Waals surface area contributed by atoms with Gasteiger partial charge in [-0.1, -0.05) is 17.7 Å². The number of fused-ring (bicyclic) bond motifs is 1. The zero-order valence-corrected chi connectivity index (χ0v) is 14.7. The highest BCUT2D eigenvalue weighted by Crippen LogP contribution is 2.23. The van der Waals surface area contributed by atoms with Gasteiger partial charge in [0.2, 0.25) is 0 Å². The second kappa shape index (κ2) is 7.01. The number of nitrogens with one attached hydrogen (secondary N) is 1. The van der Waals surface area contributed by atoms with Crippen LogP contribution < -0.4 is 10.7 Å². The molecule has 0 aliphatic carbocycles. The summed E-state index contributed by atoms with van der Waals surface area (Å²) >= 11 is 6.04. The van der Waals surface area contributed by atoms with Crippen LogP contribution >= 0.6 is 11.6 Å². The molecule has 0 saturated heterocycles. The van der Waals surface area contributed by atoms with Gasteiger partial charge in [0.1, 0.15) is 0 Å². The summed E-state index contributed by atoms with van der Waals surface area (Å²) in [5.41, 5.74) is 1.29. The quantitative estimate of drug-likeness (QED) is 0.708. The predicted molar refractivity (Wildman–Crippen MR) is 98.0 cm³/mol. The van der Waals surface area contributed by atoms with E-state index in [1.54, 1.807) is 37.3 Å². The number of para-hydroxylation sites is 1. The Morgan fingerprint density at radius 2 is 1.92 bits per heavy atom. The second-order valence-corrected chi connectivity index (χ2v) is 5.97. The number of carbonyl (C=O) groups excluding carboxylic acids is 2. The maximum atomic E-state index is 12.5. The Morgan fingerprint density at radius 3 is 2.62 bits per heavy atom. The minimum absolute atomic E-state index is 0.157. The summed E-state index contributed by atoms with van der Waals surface area (Å²) in [4.78, 5) is 36.2. The molecule has 26 heavy (non-hydrogen) atoms. The van der Waals surface area contributed by atoms with E-state index in [0.717, 1.165) is 6.07 Å². The van der Waals surface area contributed by atoms with Gasteiger partial charge in [0.15, 0.2) is 16.8 Å². The Balaban J connectivity index is 1.94. The SMILES string of the molecule is COC(=O)c1ccc(NC(=O)c2cc(=O)c3cccc(Cl)c3o2)c(C)c1. The molecule has 132 valence electrons. The number of rotatable bonds is 3. The third-order valence-electron chi connectivity index (χ3n) is 3.83. The molecule has 3 aromatic rings. The van der Waals surface area contributed by atoms with Gasteiger partial charge >= 0.3 is 5.97 Å². The minimum atomic E-state index is -0.599. The van der Waals surface area contributed by atoms with E-state index in [4.69, 9.17) is 16.0 Å². The van der Waals surface area contributed by atoms with Crippen molar-refractivity contribution in [1.82, 2.24) is 0 Å². The number of amides is 1. The molecule has 6 nitrogen and oxygen atoms in total. The maximum absolute atomic E-state index is 12.5. The van der Waals surface area contributed by atoms with Crippen LogP contribution in [0.2, 0.25) is 5.02 Å². The van der Waals surface area contributed by atoms with Gasteiger partial charge in [-0.25, -0.2) is 4.79 Å². The van der Waals surface area contributed by atoms with E-state index < -0.39 is 11.9 Å². The second-order valence-electron chi connectivity index (χ2n) is 5.57. The Kier molecular flexibility index (Phi) is 4.77. The molecule has 0 unspecified atom stereocenters. The lowest BCUT2D eigenvalue weighted by atomic mass is 10.1. The van der Waals surface area contributed by atoms with Crippen LogP contribution in [-0.2, 0) is 4.74 Å². The Bertz CT molecular complexity index is 1090. The van der Waals surface area contributed by atoms with Crippen molar-refractivity contribution in [2.75, 3.05) is 12.4 Å². The molecule has 7 heteroatoms. The summed E-state index contributed by atoms with van der Waals surface area (Å²) in [5, 5.41) is 3.20. The molecule has 1 amide bonds. The molecular formula is C19H14ClNO5. The van der Waals surface area contributed by atoms with Crippen molar-refractivity contribution < 1.29 is 18.7 Å². The third kappa shape index (κ3) is 3.32. The van der Waals surface area contributed by atoms with Crippen LogP contribution in [0.15, 0.2) is 51.7 Å². The van der Waals surface area contributed by atoms with Crippen molar-refractivity contribution in [1.29, 1.82) is 0 Å². The molecule has 0 spiro atoms. The molecule has 0 aliphatic rings. The van der Waals surface area contributed by atoms with Gasteiger partial charge in [-0.15, -0.1) is 0 Å². The molecule has 3 rings (SSSR count). The average Bonchev–Trinajstić information content (AvgIpc) is 2.63. The summed E-state index contributed by atoms with van der Waals surface area (Å²) in [6.07, 6.45) is 0. The summed E-state index contributed by atoms with van der Waals surface area (Å²) in [6.45, 7) is 1.73. The lowest BCUT2D eigenvalue weighted by Crippen LogP contribution is -2.16. The van der Waals surface area contributed by atoms with E-state index in [1.807, 2.05) is 0 Å². The van der Waals surface area contributed by atoms with Crippen LogP contribution in [-0.4, -0.2) is 19.0 Å². The Hall–Kier alpha value is -3.12. The number of hydrogen-bond donors (Lipinski definition) is 1. The van der Waals surface area contributed by atoms with Crippen molar-refractivity contribution in [2.24, 2.45) is 0 Å². The number of anilines is 1. The first-order valence-corrected chi connectivity index (χ1v) is 8.01. The van der Waals surface area contributed by atoms with Crippen molar-refractivity contribution in [3.05, 3.63) is 74.6 Å². The molecule has 2 aromatic carbocycles. The number of aryl methyl sites for hydroxylation is 1. The molecule has 0 radical (unpaired) electrons. The van der Waals surface area contributed by atoms with E-state index in [0.29, 0.717) is 22.2 Å². The lowest BCUT2D eigenvalue weighted by molar-refractivity contribution is 0.0600. The number of halogens is 1. The molecule has 1 aromatic heterocycles. The average molecular weight is 372 g/mol. The summed E-state index contributed by atoms with van der Waals surface area (Å²) in [7, 11) is 1.29. The highest BCUT2D eigenvalue weighted by atomic mass is 35.5. The normalized spacial score (nSPS) is 10.6. The first-order chi connectivity index (χ1) is 12.4. The molecule has 1 heterocycles. The first-order valence-electron chi connectivity index (χ1n) is 7.63. The van der Waals surface area contributed by atoms with Gasteiger partial charge in [0.05, 0.1) is 23.1 Å². The number of hydrogen-bond acceptors (Lipinski definition) is 5. The van der Waals surface area contributed by atoms with Crippen LogP contribution in [0, 0.1) is 6.92 Å². The summed E-state index contributed by atoms with van der Waals surface area (Å²) in [5.74, 6) is -1.23. The Morgan fingerprint density at radius 1 is 1.15 bits per heavy atom. The van der Waals surface area contributed by atoms with Crippen molar-refractivity contribution in [3.8, 4) is 0 Å². The van der Waals surface area contributed by atoms with E-state index in [-0.39, 0.29) is 21.8 Å². The van der Waals surface area contributed by atoms with E-state index in [1.165, 1.54) is 13.2 Å². The number of benzene rings is 2. The van der Waals surface area contributed by atoms with Gasteiger partial charge in [-0.2, -0.15) is 0 Å². The molecule has 0 atom stereocenters. The smallest absolute Gasteiger partial charge is 0.337 e. The highest BCUT2D eigenvalue weighted by Gasteiger charge is 2.16. The molecule has 0 saturated carbocycles. The summed E-state index contributed by atoms with van der Waals surface area (Å²) < 4.78 is 10.2. The molecule has 0 bridgehead atoms. The topological polar surface area (TPSA) is 85.6 Å². The van der Waals surface area contributed by atoms with Crippen molar-refractivity contribution >= 4 is 40.1 Å². The van der Waals surface area contributed by atoms with Gasteiger partial charge in [-0.3, -0.25) is 9.59 Å². The fraction of sp³-hybridized carbons (Fsp3) is 0.105. The van der Waals surface area contributed by atoms with Crippen molar-refractivity contribution in [2.45, 2.75) is 6.92 Å². The van der Waals surface area contributed by atoms with Crippen LogP contribution in [0.5, 0.6) is 0 Å². The molecule has 0 aliphatic heterocycles. The lowest BCUT2D eigenvalue weighted by Gasteiger charge is -2.10.